The van der Waals surface area contributed by atoms with Crippen LogP contribution in [0.3, 0.4) is 0 Å². The largest absolute Gasteiger partial charge is 0.356 e. The first-order valence-corrected chi connectivity index (χ1v) is 10.5. The molecule has 3 aromatic heterocycles. The average Bonchev–Trinajstić information content (AvgIpc) is 3.45. The number of nitrogens with zero attached hydrogens (tertiary/aromatic N) is 5. The van der Waals surface area contributed by atoms with Crippen LogP contribution in [0.5, 0.6) is 0 Å². The third-order valence-corrected chi connectivity index (χ3v) is 5.94. The Morgan fingerprint density at radius 2 is 2.25 bits per heavy atom. The van der Waals surface area contributed by atoms with Gasteiger partial charge in [0, 0.05) is 49.4 Å². The van der Waals surface area contributed by atoms with Crippen LogP contribution in [0.2, 0.25) is 0 Å². The minimum absolute atomic E-state index is 0.00577. The van der Waals surface area contributed by atoms with E-state index in [1.165, 1.54) is 4.88 Å². The zero-order valence-electron chi connectivity index (χ0n) is 15.9. The molecule has 146 valence electrons. The summed E-state index contributed by atoms with van der Waals surface area (Å²) in [4.78, 5) is 19.2. The molecular formula is C20H24N6OS. The maximum absolute atomic E-state index is 11.2. The lowest BCUT2D eigenvalue weighted by Crippen LogP contribution is -2.27. The van der Waals surface area contributed by atoms with E-state index in [9.17, 15) is 4.79 Å². The van der Waals surface area contributed by atoms with E-state index in [0.717, 1.165) is 49.7 Å². The Labute approximate surface area is 168 Å². The normalized spacial score (nSPS) is 16.5. The third-order valence-electron chi connectivity index (χ3n) is 4.96. The minimum atomic E-state index is -0.00577. The maximum Gasteiger partial charge on any atom is 0.228 e. The lowest BCUT2D eigenvalue weighted by Gasteiger charge is -2.25. The molecule has 0 aliphatic carbocycles. The number of amides is 1. The van der Waals surface area contributed by atoms with Crippen molar-refractivity contribution < 1.29 is 4.79 Å². The van der Waals surface area contributed by atoms with Crippen LogP contribution in [0.4, 0.5) is 5.95 Å². The van der Waals surface area contributed by atoms with Crippen molar-refractivity contribution >= 4 is 23.2 Å². The highest BCUT2D eigenvalue weighted by atomic mass is 32.1. The second-order valence-corrected chi connectivity index (χ2v) is 7.90. The zero-order chi connectivity index (χ0) is 19.3. The maximum atomic E-state index is 11.2. The standard InChI is InChI=1S/C20H24N6OS/c1-15(27)22-10-5-12-26-19(16-6-2-9-21-14-16)23-24-20(26)25-11-3-7-17(25)18-8-4-13-28-18/h2,4,6,8-9,13-14,17H,3,5,7,10-12H2,1H3,(H,22,27). The topological polar surface area (TPSA) is 75.9 Å². The van der Waals surface area contributed by atoms with E-state index in [2.05, 4.69) is 47.5 Å². The molecule has 4 heterocycles. The van der Waals surface area contributed by atoms with Crippen molar-refractivity contribution in [3.05, 3.63) is 46.9 Å². The summed E-state index contributed by atoms with van der Waals surface area (Å²) in [5, 5.41) is 14.1. The molecule has 3 aromatic rings. The number of hydrogen-bond donors (Lipinski definition) is 1. The number of carbonyl (C=O) groups is 1. The van der Waals surface area contributed by atoms with Crippen LogP contribution in [0, 0.1) is 0 Å². The van der Waals surface area contributed by atoms with Gasteiger partial charge in [0.2, 0.25) is 11.9 Å². The van der Waals surface area contributed by atoms with Crippen molar-refractivity contribution in [3.8, 4) is 11.4 Å². The molecule has 0 radical (unpaired) electrons. The number of carbonyl (C=O) groups excluding carboxylic acids is 1. The molecular weight excluding hydrogens is 372 g/mol. The van der Waals surface area contributed by atoms with Gasteiger partial charge in [-0.15, -0.1) is 21.5 Å². The summed E-state index contributed by atoms with van der Waals surface area (Å²) in [7, 11) is 0. The van der Waals surface area contributed by atoms with Crippen LogP contribution < -0.4 is 10.2 Å². The van der Waals surface area contributed by atoms with E-state index in [4.69, 9.17) is 0 Å². The summed E-state index contributed by atoms with van der Waals surface area (Å²) in [5.41, 5.74) is 0.952. The summed E-state index contributed by atoms with van der Waals surface area (Å²) < 4.78 is 2.17. The predicted molar refractivity (Wildman–Crippen MR) is 110 cm³/mol. The van der Waals surface area contributed by atoms with Gasteiger partial charge in [0.1, 0.15) is 0 Å². The highest BCUT2D eigenvalue weighted by Crippen LogP contribution is 2.38. The molecule has 1 atom stereocenters. The van der Waals surface area contributed by atoms with Crippen molar-refractivity contribution in [2.45, 2.75) is 38.8 Å². The summed E-state index contributed by atoms with van der Waals surface area (Å²) >= 11 is 1.80. The molecule has 1 aliphatic rings. The SMILES string of the molecule is CC(=O)NCCCn1c(-c2cccnc2)nnc1N1CCCC1c1cccs1. The second-order valence-electron chi connectivity index (χ2n) is 6.92. The summed E-state index contributed by atoms with van der Waals surface area (Å²) in [6.45, 7) is 3.88. The number of rotatable bonds is 7. The van der Waals surface area contributed by atoms with Gasteiger partial charge in [0.05, 0.1) is 6.04 Å². The molecule has 1 N–H and O–H groups in total. The Morgan fingerprint density at radius 3 is 3.00 bits per heavy atom. The van der Waals surface area contributed by atoms with Crippen molar-refractivity contribution in [2.75, 3.05) is 18.0 Å². The van der Waals surface area contributed by atoms with Crippen LogP contribution in [-0.4, -0.2) is 38.7 Å². The van der Waals surface area contributed by atoms with E-state index in [-0.39, 0.29) is 5.91 Å². The molecule has 0 bridgehead atoms. The second kappa shape index (κ2) is 8.52. The molecule has 0 aromatic carbocycles. The molecule has 1 aliphatic heterocycles. The van der Waals surface area contributed by atoms with Crippen LogP contribution in [-0.2, 0) is 11.3 Å². The van der Waals surface area contributed by atoms with Crippen molar-refractivity contribution in [2.24, 2.45) is 0 Å². The first-order chi connectivity index (χ1) is 13.7. The molecule has 1 saturated heterocycles. The van der Waals surface area contributed by atoms with Gasteiger partial charge in [0.25, 0.3) is 0 Å². The number of anilines is 1. The van der Waals surface area contributed by atoms with Crippen molar-refractivity contribution in [3.63, 3.8) is 0 Å². The van der Waals surface area contributed by atoms with Crippen molar-refractivity contribution in [1.29, 1.82) is 0 Å². The van der Waals surface area contributed by atoms with E-state index >= 15 is 0 Å². The smallest absolute Gasteiger partial charge is 0.228 e. The van der Waals surface area contributed by atoms with Gasteiger partial charge in [-0.25, -0.2) is 0 Å². The molecule has 1 amide bonds. The van der Waals surface area contributed by atoms with E-state index < -0.39 is 0 Å². The molecule has 0 spiro atoms. The Hall–Kier alpha value is -2.74. The summed E-state index contributed by atoms with van der Waals surface area (Å²) in [6.07, 6.45) is 6.66. The number of thiophene rings is 1. The molecule has 8 heteroatoms. The van der Waals surface area contributed by atoms with E-state index in [1.807, 2.05) is 18.3 Å². The van der Waals surface area contributed by atoms with E-state index in [0.29, 0.717) is 12.6 Å². The quantitative estimate of drug-likeness (QED) is 0.620. The lowest BCUT2D eigenvalue weighted by molar-refractivity contribution is -0.118. The molecule has 28 heavy (non-hydrogen) atoms. The highest BCUT2D eigenvalue weighted by molar-refractivity contribution is 7.10. The fourth-order valence-corrected chi connectivity index (χ4v) is 4.58. The van der Waals surface area contributed by atoms with Gasteiger partial charge in [-0.2, -0.15) is 0 Å². The van der Waals surface area contributed by atoms with Gasteiger partial charge in [-0.1, -0.05) is 6.07 Å². The fourth-order valence-electron chi connectivity index (χ4n) is 3.71. The van der Waals surface area contributed by atoms with Crippen LogP contribution in [0.1, 0.15) is 37.1 Å². The van der Waals surface area contributed by atoms with Crippen molar-refractivity contribution in [1.82, 2.24) is 25.1 Å². The van der Waals surface area contributed by atoms with Gasteiger partial charge >= 0.3 is 0 Å². The highest BCUT2D eigenvalue weighted by Gasteiger charge is 2.31. The summed E-state index contributed by atoms with van der Waals surface area (Å²) in [6, 6.07) is 8.57. The first-order valence-electron chi connectivity index (χ1n) is 9.62. The Bertz CT molecular complexity index is 908. The summed E-state index contributed by atoms with van der Waals surface area (Å²) in [5.74, 6) is 1.72. The monoisotopic (exact) mass is 396 g/mol. The lowest BCUT2D eigenvalue weighted by atomic mass is 10.2. The van der Waals surface area contributed by atoms with Crippen LogP contribution >= 0.6 is 11.3 Å². The van der Waals surface area contributed by atoms with Crippen LogP contribution in [0.15, 0.2) is 42.0 Å². The number of pyridine rings is 1. The number of aromatic nitrogens is 4. The fraction of sp³-hybridized carbons (Fsp3) is 0.400. The Morgan fingerprint density at radius 1 is 1.32 bits per heavy atom. The molecule has 1 unspecified atom stereocenters. The van der Waals surface area contributed by atoms with Gasteiger partial charge in [0.15, 0.2) is 5.82 Å². The molecule has 4 rings (SSSR count). The molecule has 1 fully saturated rings. The molecule has 7 nitrogen and oxygen atoms in total. The molecule has 0 saturated carbocycles. The Kier molecular flexibility index (Phi) is 5.66. The van der Waals surface area contributed by atoms with Crippen LogP contribution in [0.25, 0.3) is 11.4 Å². The van der Waals surface area contributed by atoms with E-state index in [1.54, 1.807) is 24.5 Å². The van der Waals surface area contributed by atoms with Gasteiger partial charge in [-0.05, 0) is 42.8 Å². The van der Waals surface area contributed by atoms with Gasteiger partial charge < -0.3 is 10.2 Å². The number of nitrogens with one attached hydrogen (secondary N) is 1. The average molecular weight is 397 g/mol. The number of hydrogen-bond acceptors (Lipinski definition) is 6. The van der Waals surface area contributed by atoms with Gasteiger partial charge in [-0.3, -0.25) is 14.3 Å². The Balaban J connectivity index is 1.64. The third kappa shape index (κ3) is 3.91. The minimum Gasteiger partial charge on any atom is -0.356 e. The zero-order valence-corrected chi connectivity index (χ0v) is 16.7. The first kappa shape index (κ1) is 18.6. The predicted octanol–water partition coefficient (Wildman–Crippen LogP) is 3.27.